The molecule has 1 aromatic carbocycles. The van der Waals surface area contributed by atoms with Crippen LogP contribution in [0.2, 0.25) is 0 Å². The van der Waals surface area contributed by atoms with Gasteiger partial charge in [0.25, 0.3) is 0 Å². The van der Waals surface area contributed by atoms with Gasteiger partial charge in [-0.1, -0.05) is 22.0 Å². The molecule has 0 amide bonds. The van der Waals surface area contributed by atoms with E-state index in [-0.39, 0.29) is 11.0 Å². The van der Waals surface area contributed by atoms with Gasteiger partial charge in [-0.05, 0) is 30.5 Å². The molecule has 1 aliphatic heterocycles. The third-order valence-corrected chi connectivity index (χ3v) is 5.83. The van der Waals surface area contributed by atoms with E-state index < -0.39 is 9.84 Å². The van der Waals surface area contributed by atoms with Gasteiger partial charge in [-0.3, -0.25) is 0 Å². The number of halogens is 1. The maximum atomic E-state index is 12.3. The highest BCUT2D eigenvalue weighted by Crippen LogP contribution is 2.24. The van der Waals surface area contributed by atoms with Gasteiger partial charge in [-0.2, -0.15) is 0 Å². The van der Waals surface area contributed by atoms with Crippen LogP contribution in [0.3, 0.4) is 0 Å². The summed E-state index contributed by atoms with van der Waals surface area (Å²) in [5.41, 5.74) is 7.02. The number of nitrogens with two attached hydrogens (primary N) is 1. The van der Waals surface area contributed by atoms with Gasteiger partial charge in [0.15, 0.2) is 9.84 Å². The normalized spacial score (nSPS) is 17.8. The Bertz CT molecular complexity index is 524. The van der Waals surface area contributed by atoms with Gasteiger partial charge < -0.3 is 10.5 Å². The third-order valence-electron chi connectivity index (χ3n) is 3.14. The minimum absolute atomic E-state index is 0.0107. The molecule has 18 heavy (non-hydrogen) atoms. The number of nitrogen functional groups attached to an aromatic ring is 1. The first-order valence-electron chi connectivity index (χ1n) is 5.82. The molecule has 6 heteroatoms. The molecule has 0 unspecified atom stereocenters. The molecule has 0 radical (unpaired) electrons. The Kier molecular flexibility index (Phi) is 4.29. The second-order valence-electron chi connectivity index (χ2n) is 4.46. The maximum Gasteiger partial charge on any atom is 0.157 e. The SMILES string of the molecule is Nc1cc(Br)ccc1CS(=O)(=O)C1CCOCC1. The van der Waals surface area contributed by atoms with Gasteiger partial charge in [0.1, 0.15) is 0 Å². The van der Waals surface area contributed by atoms with Crippen molar-refractivity contribution in [2.24, 2.45) is 0 Å². The Morgan fingerprint density at radius 3 is 2.61 bits per heavy atom. The summed E-state index contributed by atoms with van der Waals surface area (Å²) in [4.78, 5) is 0. The molecule has 1 aliphatic rings. The molecule has 1 heterocycles. The van der Waals surface area contributed by atoms with Crippen molar-refractivity contribution in [3.63, 3.8) is 0 Å². The average molecular weight is 334 g/mol. The monoisotopic (exact) mass is 333 g/mol. The zero-order chi connectivity index (χ0) is 13.2. The highest BCUT2D eigenvalue weighted by atomic mass is 79.9. The van der Waals surface area contributed by atoms with Gasteiger partial charge in [0, 0.05) is 23.4 Å². The van der Waals surface area contributed by atoms with Crippen LogP contribution in [0.4, 0.5) is 5.69 Å². The first-order chi connectivity index (χ1) is 8.49. The molecule has 1 aromatic rings. The fourth-order valence-electron chi connectivity index (χ4n) is 2.07. The fourth-order valence-corrected chi connectivity index (χ4v) is 4.29. The van der Waals surface area contributed by atoms with Crippen LogP contribution in [0.25, 0.3) is 0 Å². The molecule has 1 saturated heterocycles. The van der Waals surface area contributed by atoms with Crippen LogP contribution in [-0.4, -0.2) is 26.9 Å². The van der Waals surface area contributed by atoms with Crippen molar-refractivity contribution in [3.8, 4) is 0 Å². The van der Waals surface area contributed by atoms with E-state index in [0.29, 0.717) is 37.3 Å². The first-order valence-corrected chi connectivity index (χ1v) is 8.33. The lowest BCUT2D eigenvalue weighted by molar-refractivity contribution is 0.0983. The van der Waals surface area contributed by atoms with E-state index in [1.165, 1.54) is 0 Å². The standard InChI is InChI=1S/C12H16BrNO3S/c13-10-2-1-9(12(14)7-10)8-18(15,16)11-3-5-17-6-4-11/h1-2,7,11H,3-6,8,14H2. The molecular weight excluding hydrogens is 318 g/mol. The minimum atomic E-state index is -3.15. The summed E-state index contributed by atoms with van der Waals surface area (Å²) < 4.78 is 30.6. The second-order valence-corrected chi connectivity index (χ2v) is 7.66. The quantitative estimate of drug-likeness (QED) is 0.860. The van der Waals surface area contributed by atoms with E-state index >= 15 is 0 Å². The Balaban J connectivity index is 2.16. The topological polar surface area (TPSA) is 69.4 Å². The third kappa shape index (κ3) is 3.24. The van der Waals surface area contributed by atoms with Crippen molar-refractivity contribution in [2.75, 3.05) is 18.9 Å². The van der Waals surface area contributed by atoms with Gasteiger partial charge >= 0.3 is 0 Å². The Morgan fingerprint density at radius 2 is 2.00 bits per heavy atom. The summed E-state index contributed by atoms with van der Waals surface area (Å²) in [5.74, 6) is 0.0107. The van der Waals surface area contributed by atoms with Crippen LogP contribution >= 0.6 is 15.9 Å². The van der Waals surface area contributed by atoms with Crippen LogP contribution in [0.5, 0.6) is 0 Å². The van der Waals surface area contributed by atoms with Gasteiger partial charge in [-0.15, -0.1) is 0 Å². The lowest BCUT2D eigenvalue weighted by Crippen LogP contribution is -2.30. The zero-order valence-corrected chi connectivity index (χ0v) is 12.3. The van der Waals surface area contributed by atoms with E-state index in [9.17, 15) is 8.42 Å². The maximum absolute atomic E-state index is 12.3. The summed E-state index contributed by atoms with van der Waals surface area (Å²) in [5, 5.41) is -0.297. The van der Waals surface area contributed by atoms with E-state index in [2.05, 4.69) is 15.9 Å². The molecule has 0 aromatic heterocycles. The van der Waals surface area contributed by atoms with Crippen molar-refractivity contribution in [1.82, 2.24) is 0 Å². The number of hydrogen-bond donors (Lipinski definition) is 1. The number of hydrogen-bond acceptors (Lipinski definition) is 4. The van der Waals surface area contributed by atoms with Gasteiger partial charge in [0.05, 0.1) is 11.0 Å². The molecular formula is C12H16BrNO3S. The second kappa shape index (κ2) is 5.59. The average Bonchev–Trinajstić information content (AvgIpc) is 2.34. The summed E-state index contributed by atoms with van der Waals surface area (Å²) >= 11 is 3.31. The summed E-state index contributed by atoms with van der Waals surface area (Å²) in [6.07, 6.45) is 1.16. The highest BCUT2D eigenvalue weighted by molar-refractivity contribution is 9.10. The molecule has 0 bridgehead atoms. The number of benzene rings is 1. The first kappa shape index (κ1) is 13.8. The smallest absolute Gasteiger partial charge is 0.157 e. The molecule has 0 spiro atoms. The Morgan fingerprint density at radius 1 is 1.33 bits per heavy atom. The van der Waals surface area contributed by atoms with Crippen molar-refractivity contribution in [1.29, 1.82) is 0 Å². The predicted octanol–water partition coefficient (Wildman–Crippen LogP) is 2.13. The fraction of sp³-hybridized carbons (Fsp3) is 0.500. The molecule has 2 rings (SSSR count). The molecule has 2 N–H and O–H groups in total. The Hall–Kier alpha value is -0.590. The largest absolute Gasteiger partial charge is 0.398 e. The van der Waals surface area contributed by atoms with E-state index in [1.807, 2.05) is 6.07 Å². The number of anilines is 1. The summed E-state index contributed by atoms with van der Waals surface area (Å²) in [6, 6.07) is 5.30. The lowest BCUT2D eigenvalue weighted by Gasteiger charge is -2.22. The molecule has 0 aliphatic carbocycles. The van der Waals surface area contributed by atoms with Crippen LogP contribution in [-0.2, 0) is 20.3 Å². The summed E-state index contributed by atoms with van der Waals surface area (Å²) in [7, 11) is -3.15. The molecule has 1 fully saturated rings. The van der Waals surface area contributed by atoms with Crippen molar-refractivity contribution in [3.05, 3.63) is 28.2 Å². The van der Waals surface area contributed by atoms with Crippen LogP contribution in [0.15, 0.2) is 22.7 Å². The molecule has 4 nitrogen and oxygen atoms in total. The lowest BCUT2D eigenvalue weighted by atomic mass is 10.2. The van der Waals surface area contributed by atoms with Crippen LogP contribution < -0.4 is 5.73 Å². The van der Waals surface area contributed by atoms with Crippen LogP contribution in [0.1, 0.15) is 18.4 Å². The van der Waals surface area contributed by atoms with E-state index in [1.54, 1.807) is 12.1 Å². The number of rotatable bonds is 3. The van der Waals surface area contributed by atoms with E-state index in [4.69, 9.17) is 10.5 Å². The van der Waals surface area contributed by atoms with Crippen molar-refractivity contribution < 1.29 is 13.2 Å². The van der Waals surface area contributed by atoms with Crippen molar-refractivity contribution in [2.45, 2.75) is 23.8 Å². The van der Waals surface area contributed by atoms with Crippen LogP contribution in [0, 0.1) is 0 Å². The minimum Gasteiger partial charge on any atom is -0.398 e. The van der Waals surface area contributed by atoms with Gasteiger partial charge in [-0.25, -0.2) is 8.42 Å². The predicted molar refractivity (Wildman–Crippen MR) is 75.0 cm³/mol. The highest BCUT2D eigenvalue weighted by Gasteiger charge is 2.28. The molecule has 0 saturated carbocycles. The van der Waals surface area contributed by atoms with E-state index in [0.717, 1.165) is 4.47 Å². The zero-order valence-electron chi connectivity index (χ0n) is 9.93. The number of ether oxygens (including phenoxy) is 1. The molecule has 0 atom stereocenters. The molecule has 100 valence electrons. The Labute approximate surface area is 116 Å². The van der Waals surface area contributed by atoms with Crippen molar-refractivity contribution >= 4 is 31.5 Å². The number of sulfone groups is 1. The summed E-state index contributed by atoms with van der Waals surface area (Å²) in [6.45, 7) is 1.05. The van der Waals surface area contributed by atoms with Gasteiger partial charge in [0.2, 0.25) is 0 Å².